The fourth-order valence-electron chi connectivity index (χ4n) is 2.54. The molecule has 1 aliphatic heterocycles. The Kier molecular flexibility index (Phi) is 3.37. The van der Waals surface area contributed by atoms with E-state index in [0.717, 1.165) is 13.1 Å². The highest BCUT2D eigenvalue weighted by Crippen LogP contribution is 2.23. The molecule has 0 spiro atoms. The molecule has 1 saturated heterocycles. The maximum atomic E-state index is 4.30. The van der Waals surface area contributed by atoms with Crippen molar-refractivity contribution in [2.24, 2.45) is 0 Å². The molecule has 2 aromatic rings. The van der Waals surface area contributed by atoms with Gasteiger partial charge in [-0.05, 0) is 37.1 Å². The standard InChI is InChI=1S/C14H18N4/c1-2-6-17-13(3-1)14-9-16-11-18(14)10-12-4-7-15-8-5-12/h4-5,7-9,11,13,17H,1-3,6,10H2. The molecular weight excluding hydrogens is 224 g/mol. The fourth-order valence-corrected chi connectivity index (χ4v) is 2.54. The second-order valence-electron chi connectivity index (χ2n) is 4.80. The lowest BCUT2D eigenvalue weighted by atomic mass is 10.0. The van der Waals surface area contributed by atoms with Crippen LogP contribution in [0.3, 0.4) is 0 Å². The molecule has 0 aliphatic carbocycles. The van der Waals surface area contributed by atoms with Crippen LogP contribution in [-0.2, 0) is 6.54 Å². The predicted molar refractivity (Wildman–Crippen MR) is 70.2 cm³/mol. The Hall–Kier alpha value is -1.68. The minimum atomic E-state index is 0.461. The summed E-state index contributed by atoms with van der Waals surface area (Å²) in [6.45, 7) is 1.99. The molecule has 94 valence electrons. The first kappa shape index (κ1) is 11.4. The number of rotatable bonds is 3. The SMILES string of the molecule is c1cc(Cn2cncc2C2CCCCN2)ccn1. The normalized spacial score (nSPS) is 19.9. The van der Waals surface area contributed by atoms with Crippen molar-refractivity contribution in [3.63, 3.8) is 0 Å². The molecule has 0 radical (unpaired) electrons. The van der Waals surface area contributed by atoms with Crippen molar-refractivity contribution in [1.29, 1.82) is 0 Å². The summed E-state index contributed by atoms with van der Waals surface area (Å²) in [5.41, 5.74) is 2.56. The predicted octanol–water partition coefficient (Wildman–Crippen LogP) is 2.14. The largest absolute Gasteiger partial charge is 0.329 e. The second-order valence-corrected chi connectivity index (χ2v) is 4.80. The summed E-state index contributed by atoms with van der Waals surface area (Å²) in [4.78, 5) is 8.35. The molecule has 1 atom stereocenters. The number of pyridine rings is 1. The van der Waals surface area contributed by atoms with Gasteiger partial charge >= 0.3 is 0 Å². The summed E-state index contributed by atoms with van der Waals surface area (Å²) in [6, 6.07) is 4.57. The van der Waals surface area contributed by atoms with Crippen molar-refractivity contribution < 1.29 is 0 Å². The minimum absolute atomic E-state index is 0.461. The Balaban J connectivity index is 1.78. The molecular formula is C14H18N4. The van der Waals surface area contributed by atoms with Crippen LogP contribution in [-0.4, -0.2) is 21.1 Å². The lowest BCUT2D eigenvalue weighted by Gasteiger charge is -2.24. The summed E-state index contributed by atoms with van der Waals surface area (Å²) < 4.78 is 2.23. The van der Waals surface area contributed by atoms with Crippen molar-refractivity contribution in [2.45, 2.75) is 31.8 Å². The Labute approximate surface area is 107 Å². The summed E-state index contributed by atoms with van der Waals surface area (Å²) in [5, 5.41) is 3.57. The quantitative estimate of drug-likeness (QED) is 0.896. The number of hydrogen-bond acceptors (Lipinski definition) is 3. The van der Waals surface area contributed by atoms with E-state index in [1.807, 2.05) is 24.9 Å². The van der Waals surface area contributed by atoms with Crippen molar-refractivity contribution in [3.05, 3.63) is 48.3 Å². The van der Waals surface area contributed by atoms with Gasteiger partial charge in [0.1, 0.15) is 0 Å². The van der Waals surface area contributed by atoms with E-state index < -0.39 is 0 Å². The number of piperidine rings is 1. The Bertz CT molecular complexity index is 486. The zero-order valence-electron chi connectivity index (χ0n) is 10.4. The van der Waals surface area contributed by atoms with Gasteiger partial charge in [-0.25, -0.2) is 4.98 Å². The van der Waals surface area contributed by atoms with Crippen LogP contribution in [0.5, 0.6) is 0 Å². The molecule has 0 aromatic carbocycles. The van der Waals surface area contributed by atoms with Crippen LogP contribution in [0.1, 0.15) is 36.6 Å². The highest BCUT2D eigenvalue weighted by Gasteiger charge is 2.18. The smallest absolute Gasteiger partial charge is 0.0951 e. The molecule has 0 bridgehead atoms. The third-order valence-electron chi connectivity index (χ3n) is 3.51. The summed E-state index contributed by atoms with van der Waals surface area (Å²) in [6.07, 6.45) is 11.4. The van der Waals surface area contributed by atoms with Crippen molar-refractivity contribution in [1.82, 2.24) is 19.9 Å². The minimum Gasteiger partial charge on any atom is -0.329 e. The van der Waals surface area contributed by atoms with Gasteiger partial charge in [0, 0.05) is 31.2 Å². The van der Waals surface area contributed by atoms with Gasteiger partial charge in [-0.2, -0.15) is 0 Å². The average molecular weight is 242 g/mol. The third-order valence-corrected chi connectivity index (χ3v) is 3.51. The highest BCUT2D eigenvalue weighted by atomic mass is 15.1. The Morgan fingerprint density at radius 2 is 2.11 bits per heavy atom. The molecule has 0 saturated carbocycles. The number of aromatic nitrogens is 3. The molecule has 4 nitrogen and oxygen atoms in total. The first-order chi connectivity index (χ1) is 8.93. The van der Waals surface area contributed by atoms with Gasteiger partial charge in [-0.3, -0.25) is 4.98 Å². The van der Waals surface area contributed by atoms with Gasteiger partial charge in [0.15, 0.2) is 0 Å². The van der Waals surface area contributed by atoms with E-state index in [0.29, 0.717) is 6.04 Å². The lowest BCUT2D eigenvalue weighted by molar-refractivity contribution is 0.396. The zero-order valence-corrected chi connectivity index (χ0v) is 10.4. The van der Waals surface area contributed by atoms with Crippen LogP contribution < -0.4 is 5.32 Å². The topological polar surface area (TPSA) is 42.7 Å². The molecule has 3 heterocycles. The molecule has 1 aliphatic rings. The summed E-state index contributed by atoms with van der Waals surface area (Å²) in [5.74, 6) is 0. The molecule has 2 aromatic heterocycles. The zero-order chi connectivity index (χ0) is 12.2. The van der Waals surface area contributed by atoms with Crippen LogP contribution in [0.2, 0.25) is 0 Å². The van der Waals surface area contributed by atoms with Crippen LogP contribution in [0.15, 0.2) is 37.1 Å². The van der Waals surface area contributed by atoms with Gasteiger partial charge in [0.2, 0.25) is 0 Å². The van der Waals surface area contributed by atoms with Gasteiger partial charge in [0.05, 0.1) is 12.0 Å². The summed E-state index contributed by atoms with van der Waals surface area (Å²) in [7, 11) is 0. The average Bonchev–Trinajstić information content (AvgIpc) is 2.89. The monoisotopic (exact) mass is 242 g/mol. The Morgan fingerprint density at radius 1 is 1.22 bits per heavy atom. The van der Waals surface area contributed by atoms with E-state index in [-0.39, 0.29) is 0 Å². The molecule has 0 amide bonds. The maximum Gasteiger partial charge on any atom is 0.0951 e. The first-order valence-corrected chi connectivity index (χ1v) is 6.56. The molecule has 18 heavy (non-hydrogen) atoms. The molecule has 4 heteroatoms. The number of nitrogens with zero attached hydrogens (tertiary/aromatic N) is 3. The van der Waals surface area contributed by atoms with E-state index in [4.69, 9.17) is 0 Å². The van der Waals surface area contributed by atoms with E-state index in [2.05, 4.69) is 32.0 Å². The molecule has 1 N–H and O–H groups in total. The van der Waals surface area contributed by atoms with Gasteiger partial charge in [-0.1, -0.05) is 6.42 Å². The Morgan fingerprint density at radius 3 is 2.89 bits per heavy atom. The highest BCUT2D eigenvalue weighted by molar-refractivity contribution is 5.14. The fraction of sp³-hybridized carbons (Fsp3) is 0.429. The lowest BCUT2D eigenvalue weighted by Crippen LogP contribution is -2.28. The second kappa shape index (κ2) is 5.31. The van der Waals surface area contributed by atoms with Crippen molar-refractivity contribution in [3.8, 4) is 0 Å². The summed E-state index contributed by atoms with van der Waals surface area (Å²) >= 11 is 0. The van der Waals surface area contributed by atoms with E-state index in [1.54, 1.807) is 0 Å². The molecule has 3 rings (SSSR count). The van der Waals surface area contributed by atoms with Crippen LogP contribution in [0, 0.1) is 0 Å². The number of hydrogen-bond donors (Lipinski definition) is 1. The van der Waals surface area contributed by atoms with Crippen LogP contribution in [0.4, 0.5) is 0 Å². The van der Waals surface area contributed by atoms with E-state index in [1.165, 1.54) is 30.5 Å². The number of imidazole rings is 1. The first-order valence-electron chi connectivity index (χ1n) is 6.56. The molecule has 1 unspecified atom stereocenters. The van der Waals surface area contributed by atoms with Gasteiger partial charge in [0.25, 0.3) is 0 Å². The van der Waals surface area contributed by atoms with Crippen LogP contribution >= 0.6 is 0 Å². The molecule has 1 fully saturated rings. The van der Waals surface area contributed by atoms with Crippen molar-refractivity contribution >= 4 is 0 Å². The van der Waals surface area contributed by atoms with Crippen molar-refractivity contribution in [2.75, 3.05) is 6.54 Å². The van der Waals surface area contributed by atoms with Crippen LogP contribution in [0.25, 0.3) is 0 Å². The van der Waals surface area contributed by atoms with E-state index >= 15 is 0 Å². The van der Waals surface area contributed by atoms with Gasteiger partial charge < -0.3 is 9.88 Å². The van der Waals surface area contributed by atoms with E-state index in [9.17, 15) is 0 Å². The number of nitrogens with one attached hydrogen (secondary N) is 1. The maximum absolute atomic E-state index is 4.30. The van der Waals surface area contributed by atoms with Gasteiger partial charge in [-0.15, -0.1) is 0 Å². The third kappa shape index (κ3) is 2.43.